The molecule has 3 aromatic rings. The number of thioether (sulfide) groups is 1. The largest absolute Gasteiger partial charge is 0.497 e. The summed E-state index contributed by atoms with van der Waals surface area (Å²) in [6, 6.07) is 7.55. The summed E-state index contributed by atoms with van der Waals surface area (Å²) in [6.07, 6.45) is 1.30. The first-order valence-electron chi connectivity index (χ1n) is 8.36. The number of aromatic amines is 1. The van der Waals surface area contributed by atoms with Gasteiger partial charge in [-0.15, -0.1) is 0 Å². The Bertz CT molecular complexity index is 911. The number of nitrogens with zero attached hydrogens (tertiary/aromatic N) is 3. The fourth-order valence-electron chi connectivity index (χ4n) is 2.90. The molecule has 4 rings (SSSR count). The summed E-state index contributed by atoms with van der Waals surface area (Å²) in [7, 11) is 1.63. The lowest BCUT2D eigenvalue weighted by atomic mass is 10.2. The molecule has 1 aromatic carbocycles. The van der Waals surface area contributed by atoms with Crippen LogP contribution in [0.3, 0.4) is 0 Å². The lowest BCUT2D eigenvalue weighted by Gasteiger charge is -2.29. The van der Waals surface area contributed by atoms with Crippen molar-refractivity contribution in [3.8, 4) is 5.75 Å². The molecule has 1 aliphatic heterocycles. The van der Waals surface area contributed by atoms with Crippen LogP contribution in [0.2, 0.25) is 0 Å². The monoisotopic (exact) mass is 374 g/mol. The van der Waals surface area contributed by atoms with Crippen LogP contribution in [0.5, 0.6) is 5.75 Å². The first-order valence-corrected chi connectivity index (χ1v) is 9.35. The molecule has 6 nitrogen and oxygen atoms in total. The molecule has 1 fully saturated rings. The number of morpholine rings is 1. The van der Waals surface area contributed by atoms with E-state index in [9.17, 15) is 4.39 Å². The smallest absolute Gasteiger partial charge is 0.166 e. The molecular formula is C18H19FN4O2S. The molecule has 0 radical (unpaired) electrons. The number of nitrogens with one attached hydrogen (secondary N) is 1. The lowest BCUT2D eigenvalue weighted by Crippen LogP contribution is -2.36. The van der Waals surface area contributed by atoms with Gasteiger partial charge in [0.05, 0.1) is 48.9 Å². The van der Waals surface area contributed by atoms with E-state index in [1.807, 2.05) is 29.2 Å². The van der Waals surface area contributed by atoms with E-state index in [4.69, 9.17) is 9.47 Å². The normalized spacial score (nSPS) is 14.8. The SMILES string of the molecule is COc1ccc2[nH]c(SCc3cc(N4CCOCC4)c(F)cn3)nc2c1. The third-order valence-electron chi connectivity index (χ3n) is 4.27. The van der Waals surface area contributed by atoms with E-state index in [1.54, 1.807) is 7.11 Å². The molecule has 0 atom stereocenters. The van der Waals surface area contributed by atoms with Gasteiger partial charge >= 0.3 is 0 Å². The van der Waals surface area contributed by atoms with Crippen LogP contribution in [0, 0.1) is 5.82 Å². The van der Waals surface area contributed by atoms with Crippen molar-refractivity contribution < 1.29 is 13.9 Å². The Morgan fingerprint density at radius 2 is 2.15 bits per heavy atom. The van der Waals surface area contributed by atoms with Gasteiger partial charge in [0.1, 0.15) is 5.75 Å². The topological polar surface area (TPSA) is 63.3 Å². The van der Waals surface area contributed by atoms with Crippen molar-refractivity contribution in [1.82, 2.24) is 15.0 Å². The molecule has 0 amide bonds. The molecular weight excluding hydrogens is 355 g/mol. The van der Waals surface area contributed by atoms with Gasteiger partial charge in [0.25, 0.3) is 0 Å². The van der Waals surface area contributed by atoms with Crippen LogP contribution in [0.15, 0.2) is 35.6 Å². The maximum atomic E-state index is 14.1. The minimum atomic E-state index is -0.295. The van der Waals surface area contributed by atoms with E-state index in [0.717, 1.165) is 27.6 Å². The lowest BCUT2D eigenvalue weighted by molar-refractivity contribution is 0.122. The van der Waals surface area contributed by atoms with Crippen molar-refractivity contribution in [3.63, 3.8) is 0 Å². The summed E-state index contributed by atoms with van der Waals surface area (Å²) in [5.74, 6) is 1.08. The van der Waals surface area contributed by atoms with Crippen LogP contribution in [0.1, 0.15) is 5.69 Å². The minimum absolute atomic E-state index is 0.295. The molecule has 0 spiro atoms. The predicted molar refractivity (Wildman–Crippen MR) is 99.4 cm³/mol. The molecule has 0 aliphatic carbocycles. The van der Waals surface area contributed by atoms with Crippen molar-refractivity contribution in [2.24, 2.45) is 0 Å². The molecule has 26 heavy (non-hydrogen) atoms. The number of ether oxygens (including phenoxy) is 2. The highest BCUT2D eigenvalue weighted by molar-refractivity contribution is 7.98. The number of methoxy groups -OCH3 is 1. The number of hydrogen-bond donors (Lipinski definition) is 1. The van der Waals surface area contributed by atoms with E-state index in [1.165, 1.54) is 18.0 Å². The first-order chi connectivity index (χ1) is 12.7. The summed E-state index contributed by atoms with van der Waals surface area (Å²) in [5.41, 5.74) is 3.21. The summed E-state index contributed by atoms with van der Waals surface area (Å²) in [5, 5.41) is 0.798. The van der Waals surface area contributed by atoms with E-state index >= 15 is 0 Å². The van der Waals surface area contributed by atoms with Crippen molar-refractivity contribution in [3.05, 3.63) is 42.0 Å². The van der Waals surface area contributed by atoms with Gasteiger partial charge in [-0.3, -0.25) is 4.98 Å². The van der Waals surface area contributed by atoms with Gasteiger partial charge in [-0.2, -0.15) is 0 Å². The number of fused-ring (bicyclic) bond motifs is 1. The predicted octanol–water partition coefficient (Wildman–Crippen LogP) is 3.23. The van der Waals surface area contributed by atoms with Gasteiger partial charge in [0.15, 0.2) is 11.0 Å². The molecule has 1 N–H and O–H groups in total. The molecule has 1 saturated heterocycles. The second-order valence-corrected chi connectivity index (χ2v) is 6.90. The quantitative estimate of drug-likeness (QED) is 0.692. The van der Waals surface area contributed by atoms with Gasteiger partial charge in [-0.05, 0) is 18.2 Å². The summed E-state index contributed by atoms with van der Waals surface area (Å²) in [4.78, 5) is 14.1. The van der Waals surface area contributed by atoms with Crippen molar-refractivity contribution >= 4 is 28.5 Å². The molecule has 3 heterocycles. The van der Waals surface area contributed by atoms with Gasteiger partial charge in [0, 0.05) is 24.9 Å². The number of hydrogen-bond acceptors (Lipinski definition) is 6. The Morgan fingerprint density at radius 1 is 1.31 bits per heavy atom. The number of H-pyrrole nitrogens is 1. The van der Waals surface area contributed by atoms with Crippen molar-refractivity contribution in [1.29, 1.82) is 0 Å². The van der Waals surface area contributed by atoms with Crippen molar-refractivity contribution in [2.45, 2.75) is 10.9 Å². The molecule has 0 bridgehead atoms. The highest BCUT2D eigenvalue weighted by Crippen LogP contribution is 2.27. The zero-order valence-electron chi connectivity index (χ0n) is 14.4. The highest BCUT2D eigenvalue weighted by Gasteiger charge is 2.16. The molecule has 0 unspecified atom stereocenters. The van der Waals surface area contributed by atoms with E-state index in [2.05, 4.69) is 15.0 Å². The third kappa shape index (κ3) is 3.61. The summed E-state index contributed by atoms with van der Waals surface area (Å²) < 4.78 is 24.7. The Balaban J connectivity index is 1.49. The van der Waals surface area contributed by atoms with Crippen LogP contribution >= 0.6 is 11.8 Å². The number of anilines is 1. The number of imidazole rings is 1. The maximum Gasteiger partial charge on any atom is 0.166 e. The van der Waals surface area contributed by atoms with Crippen molar-refractivity contribution in [2.75, 3.05) is 38.3 Å². The van der Waals surface area contributed by atoms with Gasteiger partial charge in [-0.1, -0.05) is 11.8 Å². The number of pyridine rings is 1. The average molecular weight is 374 g/mol. The molecule has 136 valence electrons. The zero-order valence-corrected chi connectivity index (χ0v) is 15.2. The molecule has 8 heteroatoms. The number of aromatic nitrogens is 3. The van der Waals surface area contributed by atoms with E-state index < -0.39 is 0 Å². The van der Waals surface area contributed by atoms with E-state index in [-0.39, 0.29) is 5.82 Å². The molecule has 1 aliphatic rings. The van der Waals surface area contributed by atoms with Crippen LogP contribution in [0.25, 0.3) is 11.0 Å². The summed E-state index contributed by atoms with van der Waals surface area (Å²) >= 11 is 1.54. The second kappa shape index (κ2) is 7.51. The highest BCUT2D eigenvalue weighted by atomic mass is 32.2. The Kier molecular flexibility index (Phi) is 4.94. The Hall–Kier alpha value is -2.32. The maximum absolute atomic E-state index is 14.1. The van der Waals surface area contributed by atoms with Gasteiger partial charge < -0.3 is 19.4 Å². The zero-order chi connectivity index (χ0) is 17.9. The fraction of sp³-hybridized carbons (Fsp3) is 0.333. The number of halogens is 1. The molecule has 0 saturated carbocycles. The first kappa shape index (κ1) is 17.1. The minimum Gasteiger partial charge on any atom is -0.497 e. The van der Waals surface area contributed by atoms with Crippen LogP contribution in [0.4, 0.5) is 10.1 Å². The summed E-state index contributed by atoms with van der Waals surface area (Å²) in [6.45, 7) is 2.63. The Morgan fingerprint density at radius 3 is 2.96 bits per heavy atom. The number of rotatable bonds is 5. The second-order valence-electron chi connectivity index (χ2n) is 5.94. The van der Waals surface area contributed by atoms with Crippen LogP contribution in [-0.4, -0.2) is 48.4 Å². The van der Waals surface area contributed by atoms with Crippen LogP contribution < -0.4 is 9.64 Å². The average Bonchev–Trinajstić information content (AvgIpc) is 3.10. The number of benzene rings is 1. The van der Waals surface area contributed by atoms with Gasteiger partial charge in [0.2, 0.25) is 0 Å². The van der Waals surface area contributed by atoms with Gasteiger partial charge in [-0.25, -0.2) is 9.37 Å². The fourth-order valence-corrected chi connectivity index (χ4v) is 3.68. The third-order valence-corrected chi connectivity index (χ3v) is 5.18. The Labute approximate surface area is 154 Å². The molecule has 2 aromatic heterocycles. The van der Waals surface area contributed by atoms with Crippen LogP contribution in [-0.2, 0) is 10.5 Å². The van der Waals surface area contributed by atoms with E-state index in [0.29, 0.717) is 37.7 Å². The standard InChI is InChI=1S/C18H19FN4O2S/c1-24-13-2-3-15-16(9-13)22-18(21-15)26-11-12-8-17(14(19)10-20-12)23-4-6-25-7-5-23/h2-3,8-10H,4-7,11H2,1H3,(H,21,22).